The van der Waals surface area contributed by atoms with Crippen molar-refractivity contribution in [2.24, 2.45) is 11.8 Å². The molecule has 4 aliphatic heterocycles. The Morgan fingerprint density at radius 1 is 0.921 bits per heavy atom. The van der Waals surface area contributed by atoms with Crippen molar-refractivity contribution in [3.63, 3.8) is 0 Å². The van der Waals surface area contributed by atoms with E-state index in [1.165, 1.54) is 4.90 Å². The van der Waals surface area contributed by atoms with Crippen LogP contribution in [0.3, 0.4) is 0 Å². The van der Waals surface area contributed by atoms with E-state index in [9.17, 15) is 24.0 Å². The molecule has 1 aromatic carbocycles. The maximum Gasteiger partial charge on any atom is 0.407 e. The summed E-state index contributed by atoms with van der Waals surface area (Å²) in [5.74, 6) is -0.998. The van der Waals surface area contributed by atoms with Crippen molar-refractivity contribution in [1.29, 1.82) is 0 Å². The van der Waals surface area contributed by atoms with E-state index < -0.39 is 35.8 Å². The molecule has 5 amide bonds. The van der Waals surface area contributed by atoms with E-state index in [0.29, 0.717) is 49.3 Å². The van der Waals surface area contributed by atoms with Gasteiger partial charge in [-0.2, -0.15) is 0 Å². The summed E-state index contributed by atoms with van der Waals surface area (Å²) in [5, 5.41) is 11.3. The number of piperidine rings is 3. The molecule has 11 heteroatoms. The summed E-state index contributed by atoms with van der Waals surface area (Å²) in [7, 11) is 0. The molecule has 0 spiro atoms. The summed E-state index contributed by atoms with van der Waals surface area (Å²) in [6.07, 6.45) is 4.09. The van der Waals surface area contributed by atoms with E-state index in [0.717, 1.165) is 55.8 Å². The molecule has 1 unspecified atom stereocenters. The Balaban J connectivity index is 1.08. The number of hydrogen-bond donors (Lipinski definition) is 2. The van der Waals surface area contributed by atoms with Gasteiger partial charge in [0.25, 0.3) is 11.8 Å². The second-order valence-corrected chi connectivity index (χ2v) is 10.7. The van der Waals surface area contributed by atoms with Gasteiger partial charge in [0.1, 0.15) is 6.04 Å². The fourth-order valence-electron chi connectivity index (χ4n) is 5.93. The fraction of sp³-hybridized carbons (Fsp3) is 0.593. The van der Waals surface area contributed by atoms with Gasteiger partial charge in [0.2, 0.25) is 11.8 Å². The Kier molecular flexibility index (Phi) is 7.64. The maximum absolute atomic E-state index is 13.1. The van der Waals surface area contributed by atoms with Crippen molar-refractivity contribution in [1.82, 2.24) is 15.1 Å². The minimum absolute atomic E-state index is 0.0971. The van der Waals surface area contributed by atoms with Crippen LogP contribution in [0.2, 0.25) is 0 Å². The number of nitrogens with one attached hydrogen (secondary N) is 1. The van der Waals surface area contributed by atoms with Gasteiger partial charge in [-0.25, -0.2) is 4.79 Å². The number of likely N-dealkylation sites (tertiary alicyclic amines) is 1. The van der Waals surface area contributed by atoms with Crippen LogP contribution in [0, 0.1) is 11.8 Å². The van der Waals surface area contributed by atoms with E-state index in [1.807, 2.05) is 6.07 Å². The van der Waals surface area contributed by atoms with Gasteiger partial charge in [-0.3, -0.25) is 29.4 Å². The Bertz CT molecular complexity index is 1120. The lowest BCUT2D eigenvalue weighted by molar-refractivity contribution is -0.136. The third-order valence-electron chi connectivity index (χ3n) is 8.31. The summed E-state index contributed by atoms with van der Waals surface area (Å²) in [4.78, 5) is 65.5. The van der Waals surface area contributed by atoms with Crippen molar-refractivity contribution in [3.8, 4) is 0 Å². The van der Waals surface area contributed by atoms with Gasteiger partial charge in [-0.05, 0) is 68.6 Å². The first kappa shape index (κ1) is 26.1. The summed E-state index contributed by atoms with van der Waals surface area (Å²) in [6, 6.07) is 4.29. The average molecular weight is 527 g/mol. The molecule has 1 atom stereocenters. The summed E-state index contributed by atoms with van der Waals surface area (Å²) in [5.41, 5.74) is 1.47. The molecule has 3 saturated heterocycles. The summed E-state index contributed by atoms with van der Waals surface area (Å²) >= 11 is 0. The quantitative estimate of drug-likeness (QED) is 0.407. The minimum atomic E-state index is -0.961. The molecule has 204 valence electrons. The summed E-state index contributed by atoms with van der Waals surface area (Å²) < 4.78 is 5.97. The van der Waals surface area contributed by atoms with E-state index >= 15 is 0 Å². The van der Waals surface area contributed by atoms with Crippen LogP contribution in [0.5, 0.6) is 0 Å². The van der Waals surface area contributed by atoms with Crippen molar-refractivity contribution < 1.29 is 33.8 Å². The lowest BCUT2D eigenvalue weighted by Crippen LogP contribution is -2.54. The third kappa shape index (κ3) is 5.38. The number of fused-ring (bicyclic) bond motifs is 1. The number of carboxylic acid groups (broad SMARTS) is 1. The molecule has 2 N–H and O–H groups in total. The molecule has 3 fully saturated rings. The van der Waals surface area contributed by atoms with E-state index in [1.54, 1.807) is 12.1 Å². The first-order chi connectivity index (χ1) is 18.3. The molecule has 0 radical (unpaired) electrons. The van der Waals surface area contributed by atoms with Crippen LogP contribution in [-0.2, 0) is 14.3 Å². The molecule has 4 heterocycles. The first-order valence-corrected chi connectivity index (χ1v) is 13.5. The molecule has 1 aromatic rings. The number of carbonyl (C=O) groups excluding carboxylic acids is 4. The van der Waals surface area contributed by atoms with E-state index in [2.05, 4.69) is 10.2 Å². The van der Waals surface area contributed by atoms with Gasteiger partial charge in [-0.15, -0.1) is 0 Å². The second kappa shape index (κ2) is 11.1. The molecular formula is C27H34N4O7. The van der Waals surface area contributed by atoms with Crippen molar-refractivity contribution >= 4 is 35.4 Å². The normalized spacial score (nSPS) is 23.2. The number of ether oxygens (including phenoxy) is 1. The van der Waals surface area contributed by atoms with Crippen molar-refractivity contribution in [3.05, 3.63) is 29.3 Å². The highest BCUT2D eigenvalue weighted by Gasteiger charge is 2.44. The number of rotatable bonds is 7. The number of nitrogens with zero attached hydrogens (tertiary/aromatic N) is 3. The van der Waals surface area contributed by atoms with Gasteiger partial charge in [0, 0.05) is 51.5 Å². The topological polar surface area (TPSA) is 137 Å². The van der Waals surface area contributed by atoms with E-state index in [4.69, 9.17) is 9.84 Å². The van der Waals surface area contributed by atoms with Gasteiger partial charge in [0.05, 0.1) is 11.1 Å². The van der Waals surface area contributed by atoms with Gasteiger partial charge in [-0.1, -0.05) is 0 Å². The average Bonchev–Trinajstić information content (AvgIpc) is 3.16. The van der Waals surface area contributed by atoms with Crippen LogP contribution in [0.4, 0.5) is 10.5 Å². The van der Waals surface area contributed by atoms with Crippen LogP contribution in [0.15, 0.2) is 18.2 Å². The summed E-state index contributed by atoms with van der Waals surface area (Å²) in [6.45, 7) is 4.26. The van der Waals surface area contributed by atoms with Crippen LogP contribution in [0.25, 0.3) is 0 Å². The lowest BCUT2D eigenvalue weighted by atomic mass is 9.94. The van der Waals surface area contributed by atoms with Crippen LogP contribution in [0.1, 0.15) is 65.7 Å². The molecule has 38 heavy (non-hydrogen) atoms. The monoisotopic (exact) mass is 526 g/mol. The SMILES string of the molecule is O=C1CCC(N2C(=O)c3ccc(N4CCC(COCCC5CCN(C(=O)O)CC5)CC4)cc3C2=O)C(=O)N1. The predicted molar refractivity (Wildman–Crippen MR) is 136 cm³/mol. The highest BCUT2D eigenvalue weighted by molar-refractivity contribution is 6.23. The number of carbonyl (C=O) groups is 5. The number of anilines is 1. The Morgan fingerprint density at radius 2 is 1.61 bits per heavy atom. The zero-order valence-electron chi connectivity index (χ0n) is 21.4. The molecular weight excluding hydrogens is 492 g/mol. The smallest absolute Gasteiger partial charge is 0.407 e. The van der Waals surface area contributed by atoms with Crippen molar-refractivity contribution in [2.45, 2.75) is 51.0 Å². The Morgan fingerprint density at radius 3 is 2.29 bits per heavy atom. The fourth-order valence-corrected chi connectivity index (χ4v) is 5.93. The Hall–Kier alpha value is -3.47. The number of benzene rings is 1. The molecule has 11 nitrogen and oxygen atoms in total. The lowest BCUT2D eigenvalue weighted by Gasteiger charge is -2.34. The zero-order chi connectivity index (χ0) is 26.8. The highest BCUT2D eigenvalue weighted by Crippen LogP contribution is 2.32. The van der Waals surface area contributed by atoms with E-state index in [-0.39, 0.29) is 12.8 Å². The number of imide groups is 2. The maximum atomic E-state index is 13.1. The third-order valence-corrected chi connectivity index (χ3v) is 8.31. The van der Waals surface area contributed by atoms with Crippen LogP contribution in [-0.4, -0.2) is 90.1 Å². The molecule has 5 rings (SSSR count). The van der Waals surface area contributed by atoms with Gasteiger partial charge >= 0.3 is 6.09 Å². The zero-order valence-corrected chi connectivity index (χ0v) is 21.4. The largest absolute Gasteiger partial charge is 0.465 e. The second-order valence-electron chi connectivity index (χ2n) is 10.7. The number of amides is 5. The molecule has 0 aliphatic carbocycles. The van der Waals surface area contributed by atoms with Crippen LogP contribution >= 0.6 is 0 Å². The standard InChI is InChI=1S/C27H34N4O7/c32-23-4-3-22(24(33)28-23)31-25(34)20-2-1-19(15-21(20)26(31)35)29-10-7-18(8-11-29)16-38-14-9-17-5-12-30(13-6-17)27(36)37/h1-2,15,17-18,22H,3-14,16H2,(H,36,37)(H,28,32,33). The Labute approximate surface area is 221 Å². The molecule has 0 saturated carbocycles. The molecule has 0 bridgehead atoms. The highest BCUT2D eigenvalue weighted by atomic mass is 16.5. The van der Waals surface area contributed by atoms with Gasteiger partial charge < -0.3 is 19.6 Å². The number of hydrogen-bond acceptors (Lipinski definition) is 7. The van der Waals surface area contributed by atoms with Crippen molar-refractivity contribution in [2.75, 3.05) is 44.3 Å². The minimum Gasteiger partial charge on any atom is -0.465 e. The molecule has 0 aromatic heterocycles. The van der Waals surface area contributed by atoms with Gasteiger partial charge in [0.15, 0.2) is 0 Å². The molecule has 4 aliphatic rings. The van der Waals surface area contributed by atoms with Crippen LogP contribution < -0.4 is 10.2 Å². The predicted octanol–water partition coefficient (Wildman–Crippen LogP) is 2.10. The first-order valence-electron chi connectivity index (χ1n) is 13.5.